The molecule has 3 nitrogen and oxygen atoms in total. The fourth-order valence-electron chi connectivity index (χ4n) is 1.32. The molecule has 2 rings (SSSR count). The molecule has 2 saturated heterocycles. The van der Waals surface area contributed by atoms with Gasteiger partial charge in [-0.3, -0.25) is 0 Å². The maximum absolute atomic E-state index is 5.56. The number of epoxide rings is 1. The molecule has 0 saturated carbocycles. The molecular weight excluding hydrogens is 156 g/mol. The van der Waals surface area contributed by atoms with Crippen molar-refractivity contribution in [2.75, 3.05) is 19.8 Å². The second-order valence-corrected chi connectivity index (χ2v) is 3.85. The molecule has 2 atom stereocenters. The molecule has 0 radical (unpaired) electrons. The minimum Gasteiger partial charge on any atom is -0.367 e. The number of hydrogen-bond acceptors (Lipinski definition) is 3. The molecule has 0 N–H and O–H groups in total. The minimum atomic E-state index is 0.000801. The van der Waals surface area contributed by atoms with Crippen molar-refractivity contribution in [3.05, 3.63) is 0 Å². The first kappa shape index (κ1) is 8.48. The molecule has 2 aliphatic rings. The molecule has 0 bridgehead atoms. The Morgan fingerprint density at radius 2 is 2.33 bits per heavy atom. The molecular formula is C9H16O3. The molecule has 3 heteroatoms. The van der Waals surface area contributed by atoms with Crippen molar-refractivity contribution in [2.45, 2.75) is 38.1 Å². The summed E-state index contributed by atoms with van der Waals surface area (Å²) < 4.78 is 16.2. The van der Waals surface area contributed by atoms with Gasteiger partial charge < -0.3 is 14.2 Å². The van der Waals surface area contributed by atoms with Gasteiger partial charge in [0.25, 0.3) is 0 Å². The first-order chi connectivity index (χ1) is 5.79. The molecule has 12 heavy (non-hydrogen) atoms. The summed E-state index contributed by atoms with van der Waals surface area (Å²) in [6.45, 7) is 4.43. The fourth-order valence-corrected chi connectivity index (χ4v) is 1.32. The van der Waals surface area contributed by atoms with Gasteiger partial charge in [0.2, 0.25) is 0 Å². The van der Waals surface area contributed by atoms with Gasteiger partial charge in [-0.1, -0.05) is 0 Å². The minimum absolute atomic E-state index is 0.000801. The van der Waals surface area contributed by atoms with Gasteiger partial charge in [-0.2, -0.15) is 0 Å². The predicted molar refractivity (Wildman–Crippen MR) is 43.9 cm³/mol. The van der Waals surface area contributed by atoms with E-state index in [9.17, 15) is 0 Å². The van der Waals surface area contributed by atoms with Gasteiger partial charge in [-0.15, -0.1) is 0 Å². The van der Waals surface area contributed by atoms with Crippen LogP contribution in [0.25, 0.3) is 0 Å². The summed E-state index contributed by atoms with van der Waals surface area (Å²) in [4.78, 5) is 0. The van der Waals surface area contributed by atoms with Gasteiger partial charge in [0.15, 0.2) is 6.29 Å². The molecule has 0 aromatic heterocycles. The van der Waals surface area contributed by atoms with E-state index >= 15 is 0 Å². The summed E-state index contributed by atoms with van der Waals surface area (Å²) in [5.74, 6) is 0. The lowest BCUT2D eigenvalue weighted by molar-refractivity contribution is -0.169. The maximum atomic E-state index is 5.56. The summed E-state index contributed by atoms with van der Waals surface area (Å²) in [5, 5.41) is 0. The van der Waals surface area contributed by atoms with E-state index in [0.717, 1.165) is 19.6 Å². The van der Waals surface area contributed by atoms with Crippen LogP contribution in [0.5, 0.6) is 0 Å². The Morgan fingerprint density at radius 1 is 1.50 bits per heavy atom. The van der Waals surface area contributed by atoms with Crippen LogP contribution in [0.2, 0.25) is 0 Å². The Bertz CT molecular complexity index is 148. The normalized spacial score (nSPS) is 41.2. The van der Waals surface area contributed by atoms with Gasteiger partial charge in [-0.05, 0) is 26.2 Å². The highest BCUT2D eigenvalue weighted by Gasteiger charge is 2.40. The Kier molecular flexibility index (Phi) is 2.35. The summed E-state index contributed by atoms with van der Waals surface area (Å²) >= 11 is 0. The van der Waals surface area contributed by atoms with E-state index in [1.807, 2.05) is 0 Å². The zero-order valence-corrected chi connectivity index (χ0v) is 7.54. The van der Waals surface area contributed by atoms with Crippen LogP contribution >= 0.6 is 0 Å². The molecule has 0 aromatic rings. The topological polar surface area (TPSA) is 31.0 Å². The van der Waals surface area contributed by atoms with Gasteiger partial charge in [0, 0.05) is 6.61 Å². The molecule has 0 aliphatic carbocycles. The first-order valence-electron chi connectivity index (χ1n) is 4.66. The average molecular weight is 172 g/mol. The molecule has 2 fully saturated rings. The van der Waals surface area contributed by atoms with Crippen LogP contribution in [0.4, 0.5) is 0 Å². The van der Waals surface area contributed by atoms with Crippen molar-refractivity contribution in [1.82, 2.24) is 0 Å². The average Bonchev–Trinajstić information content (AvgIpc) is 2.84. The number of hydrogen-bond donors (Lipinski definition) is 0. The smallest absolute Gasteiger partial charge is 0.157 e. The SMILES string of the molecule is CC1(COC2CCCCO2)CO1. The Hall–Kier alpha value is -0.120. The molecule has 2 heterocycles. The molecule has 2 unspecified atom stereocenters. The van der Waals surface area contributed by atoms with E-state index in [2.05, 4.69) is 6.92 Å². The van der Waals surface area contributed by atoms with E-state index in [1.165, 1.54) is 12.8 Å². The third kappa shape index (κ3) is 2.19. The van der Waals surface area contributed by atoms with Gasteiger partial charge in [0.1, 0.15) is 5.60 Å². The van der Waals surface area contributed by atoms with E-state index in [1.54, 1.807) is 0 Å². The zero-order chi connectivity index (χ0) is 8.44. The second kappa shape index (κ2) is 3.32. The lowest BCUT2D eigenvalue weighted by Crippen LogP contribution is -2.27. The summed E-state index contributed by atoms with van der Waals surface area (Å²) in [5.41, 5.74) is 0.000801. The van der Waals surface area contributed by atoms with Crippen LogP contribution in [0, 0.1) is 0 Å². The quantitative estimate of drug-likeness (QED) is 0.601. The molecule has 0 amide bonds. The van der Waals surface area contributed by atoms with Crippen LogP contribution in [-0.2, 0) is 14.2 Å². The molecule has 0 spiro atoms. The van der Waals surface area contributed by atoms with Crippen LogP contribution in [0.3, 0.4) is 0 Å². The second-order valence-electron chi connectivity index (χ2n) is 3.85. The lowest BCUT2D eigenvalue weighted by atomic mass is 10.2. The van der Waals surface area contributed by atoms with Gasteiger partial charge in [0.05, 0.1) is 13.2 Å². The summed E-state index contributed by atoms with van der Waals surface area (Å²) in [6, 6.07) is 0. The highest BCUT2D eigenvalue weighted by Crippen LogP contribution is 2.27. The Labute approximate surface area is 73.0 Å². The molecule has 0 aromatic carbocycles. The van der Waals surface area contributed by atoms with Crippen molar-refractivity contribution >= 4 is 0 Å². The van der Waals surface area contributed by atoms with E-state index in [-0.39, 0.29) is 11.9 Å². The molecule has 70 valence electrons. The zero-order valence-electron chi connectivity index (χ0n) is 7.54. The summed E-state index contributed by atoms with van der Waals surface area (Å²) in [6.07, 6.45) is 3.46. The highest BCUT2D eigenvalue weighted by molar-refractivity contribution is 4.86. The van der Waals surface area contributed by atoms with Crippen LogP contribution in [0.1, 0.15) is 26.2 Å². The predicted octanol–water partition coefficient (Wildman–Crippen LogP) is 1.32. The number of rotatable bonds is 3. The Balaban J connectivity index is 1.65. The van der Waals surface area contributed by atoms with Crippen LogP contribution < -0.4 is 0 Å². The van der Waals surface area contributed by atoms with Crippen molar-refractivity contribution in [1.29, 1.82) is 0 Å². The molecule has 2 aliphatic heterocycles. The number of ether oxygens (including phenoxy) is 3. The van der Waals surface area contributed by atoms with Crippen molar-refractivity contribution < 1.29 is 14.2 Å². The van der Waals surface area contributed by atoms with Crippen LogP contribution in [-0.4, -0.2) is 31.7 Å². The highest BCUT2D eigenvalue weighted by atomic mass is 16.7. The largest absolute Gasteiger partial charge is 0.367 e. The fraction of sp³-hybridized carbons (Fsp3) is 1.00. The van der Waals surface area contributed by atoms with Crippen molar-refractivity contribution in [3.8, 4) is 0 Å². The van der Waals surface area contributed by atoms with Crippen LogP contribution in [0.15, 0.2) is 0 Å². The third-order valence-electron chi connectivity index (χ3n) is 2.35. The van der Waals surface area contributed by atoms with E-state index < -0.39 is 0 Å². The van der Waals surface area contributed by atoms with Crippen molar-refractivity contribution in [2.24, 2.45) is 0 Å². The van der Waals surface area contributed by atoms with Gasteiger partial charge in [-0.25, -0.2) is 0 Å². The van der Waals surface area contributed by atoms with E-state index in [0.29, 0.717) is 6.61 Å². The monoisotopic (exact) mass is 172 g/mol. The van der Waals surface area contributed by atoms with Gasteiger partial charge >= 0.3 is 0 Å². The van der Waals surface area contributed by atoms with Crippen molar-refractivity contribution in [3.63, 3.8) is 0 Å². The lowest BCUT2D eigenvalue weighted by Gasteiger charge is -2.23. The third-order valence-corrected chi connectivity index (χ3v) is 2.35. The maximum Gasteiger partial charge on any atom is 0.157 e. The Morgan fingerprint density at radius 3 is 2.92 bits per heavy atom. The summed E-state index contributed by atoms with van der Waals surface area (Å²) in [7, 11) is 0. The first-order valence-corrected chi connectivity index (χ1v) is 4.66. The standard InChI is InChI=1S/C9H16O3/c1-9(7-12-9)6-11-8-4-2-3-5-10-8/h8H,2-7H2,1H3. The van der Waals surface area contributed by atoms with E-state index in [4.69, 9.17) is 14.2 Å².